The Balaban J connectivity index is 2.53. The molecule has 1 aromatic carbocycles. The molecule has 1 aromatic rings. The van der Waals surface area contributed by atoms with Crippen LogP contribution in [0.2, 0.25) is 0 Å². The minimum Gasteiger partial charge on any atom is -0.493 e. The molecule has 0 aromatic heterocycles. The molecule has 0 amide bonds. The average Bonchev–Trinajstić information content (AvgIpc) is 2.53. The van der Waals surface area contributed by atoms with Crippen molar-refractivity contribution < 1.29 is 9.47 Å². The monoisotopic (exact) mass is 293 g/mol. The predicted octanol–water partition coefficient (Wildman–Crippen LogP) is 3.27. The number of nitrogens with one attached hydrogen (secondary N) is 2. The number of methoxy groups -OCH3 is 2. The summed E-state index contributed by atoms with van der Waals surface area (Å²) < 4.78 is 10.5. The van der Waals surface area contributed by atoms with Crippen molar-refractivity contribution >= 4 is 11.6 Å². The highest BCUT2D eigenvalue weighted by molar-refractivity contribution is 5.93. The molecular weight excluding hydrogens is 266 g/mol. The first-order chi connectivity index (χ1) is 10.2. The normalized spacial score (nSPS) is 11.1. The zero-order chi connectivity index (χ0) is 15.5. The van der Waals surface area contributed by atoms with Gasteiger partial charge in [0, 0.05) is 25.3 Å². The molecule has 0 aliphatic heterocycles. The summed E-state index contributed by atoms with van der Waals surface area (Å²) in [6.07, 6.45) is 4.93. The van der Waals surface area contributed by atoms with E-state index in [2.05, 4.69) is 22.5 Å². The predicted molar refractivity (Wildman–Crippen MR) is 88.7 cm³/mol. The van der Waals surface area contributed by atoms with E-state index in [-0.39, 0.29) is 0 Å². The third kappa shape index (κ3) is 5.94. The van der Waals surface area contributed by atoms with Crippen LogP contribution in [-0.2, 0) is 0 Å². The molecule has 5 heteroatoms. The van der Waals surface area contributed by atoms with Gasteiger partial charge in [-0.1, -0.05) is 26.2 Å². The third-order valence-electron chi connectivity index (χ3n) is 3.19. The molecule has 0 saturated heterocycles. The lowest BCUT2D eigenvalue weighted by atomic mass is 10.2. The van der Waals surface area contributed by atoms with E-state index in [0.29, 0.717) is 11.5 Å². The fourth-order valence-electron chi connectivity index (χ4n) is 1.99. The molecule has 0 aliphatic rings. The molecule has 0 saturated carbocycles. The Hall–Kier alpha value is -1.91. The largest absolute Gasteiger partial charge is 0.493 e. The lowest BCUT2D eigenvalue weighted by Gasteiger charge is -2.14. The summed E-state index contributed by atoms with van der Waals surface area (Å²) >= 11 is 0. The Kier molecular flexibility index (Phi) is 8.09. The quantitative estimate of drug-likeness (QED) is 0.439. The molecule has 0 spiro atoms. The Morgan fingerprint density at radius 2 is 1.86 bits per heavy atom. The topological polar surface area (TPSA) is 54.9 Å². The van der Waals surface area contributed by atoms with Gasteiger partial charge >= 0.3 is 0 Å². The summed E-state index contributed by atoms with van der Waals surface area (Å²) in [5.41, 5.74) is 0.911. The Morgan fingerprint density at radius 1 is 1.10 bits per heavy atom. The molecular formula is C16H27N3O2. The van der Waals surface area contributed by atoms with Gasteiger partial charge in [0.25, 0.3) is 0 Å². The van der Waals surface area contributed by atoms with Crippen molar-refractivity contribution in [1.82, 2.24) is 5.32 Å². The summed E-state index contributed by atoms with van der Waals surface area (Å²) in [5, 5.41) is 6.56. The van der Waals surface area contributed by atoms with Gasteiger partial charge in [-0.25, -0.2) is 0 Å². The number of unbranched alkanes of at least 4 members (excludes halogenated alkanes) is 3. The van der Waals surface area contributed by atoms with Crippen LogP contribution in [0.3, 0.4) is 0 Å². The van der Waals surface area contributed by atoms with Gasteiger partial charge in [0.2, 0.25) is 0 Å². The van der Waals surface area contributed by atoms with Crippen LogP contribution < -0.4 is 20.1 Å². The van der Waals surface area contributed by atoms with Crippen molar-refractivity contribution in [1.29, 1.82) is 0 Å². The number of rotatable bonds is 8. The van der Waals surface area contributed by atoms with E-state index in [4.69, 9.17) is 9.47 Å². The number of benzene rings is 1. The van der Waals surface area contributed by atoms with Crippen molar-refractivity contribution in [3.05, 3.63) is 18.2 Å². The number of guanidine groups is 1. The number of aliphatic imine (C=N–C) groups is 1. The van der Waals surface area contributed by atoms with E-state index in [0.717, 1.165) is 24.6 Å². The molecule has 0 atom stereocenters. The first-order valence-corrected chi connectivity index (χ1v) is 7.44. The van der Waals surface area contributed by atoms with Crippen LogP contribution in [0.25, 0.3) is 0 Å². The van der Waals surface area contributed by atoms with Crippen LogP contribution in [0, 0.1) is 0 Å². The first kappa shape index (κ1) is 17.1. The highest BCUT2D eigenvalue weighted by atomic mass is 16.5. The van der Waals surface area contributed by atoms with Crippen LogP contribution in [-0.4, -0.2) is 33.8 Å². The summed E-state index contributed by atoms with van der Waals surface area (Å²) in [6, 6.07) is 5.70. The molecule has 5 nitrogen and oxygen atoms in total. The van der Waals surface area contributed by atoms with Gasteiger partial charge < -0.3 is 20.1 Å². The lowest BCUT2D eigenvalue weighted by Crippen LogP contribution is -2.31. The van der Waals surface area contributed by atoms with Crippen molar-refractivity contribution in [2.45, 2.75) is 32.6 Å². The van der Waals surface area contributed by atoms with E-state index >= 15 is 0 Å². The Morgan fingerprint density at radius 3 is 2.48 bits per heavy atom. The molecule has 0 fully saturated rings. The van der Waals surface area contributed by atoms with E-state index in [1.54, 1.807) is 21.3 Å². The molecule has 0 aliphatic carbocycles. The molecule has 2 N–H and O–H groups in total. The molecule has 118 valence electrons. The Labute approximate surface area is 127 Å². The second kappa shape index (κ2) is 9.91. The maximum Gasteiger partial charge on any atom is 0.195 e. The van der Waals surface area contributed by atoms with E-state index in [1.165, 1.54) is 19.3 Å². The standard InChI is InChI=1S/C16H27N3O2/c1-5-6-7-8-11-18-16(17-2)19-13-9-10-14(20-3)15(12-13)21-4/h9-10,12H,5-8,11H2,1-4H3,(H2,17,18,19). The van der Waals surface area contributed by atoms with Gasteiger partial charge in [0.15, 0.2) is 17.5 Å². The Bertz CT molecular complexity index is 447. The lowest BCUT2D eigenvalue weighted by molar-refractivity contribution is 0.355. The minimum atomic E-state index is 0.695. The van der Waals surface area contributed by atoms with Crippen LogP contribution in [0.1, 0.15) is 32.6 Å². The number of nitrogens with zero attached hydrogens (tertiary/aromatic N) is 1. The van der Waals surface area contributed by atoms with Gasteiger partial charge in [-0.2, -0.15) is 0 Å². The van der Waals surface area contributed by atoms with Gasteiger partial charge in [0.05, 0.1) is 14.2 Å². The molecule has 21 heavy (non-hydrogen) atoms. The second-order valence-corrected chi connectivity index (χ2v) is 4.75. The number of hydrogen-bond donors (Lipinski definition) is 2. The van der Waals surface area contributed by atoms with Crippen molar-refractivity contribution in [2.75, 3.05) is 33.1 Å². The zero-order valence-corrected chi connectivity index (χ0v) is 13.5. The minimum absolute atomic E-state index is 0.695. The average molecular weight is 293 g/mol. The summed E-state index contributed by atoms with van der Waals surface area (Å²) in [7, 11) is 5.02. The van der Waals surface area contributed by atoms with Crippen molar-refractivity contribution in [3.63, 3.8) is 0 Å². The van der Waals surface area contributed by atoms with Crippen LogP contribution in [0.4, 0.5) is 5.69 Å². The van der Waals surface area contributed by atoms with Crippen LogP contribution in [0.5, 0.6) is 11.5 Å². The highest BCUT2D eigenvalue weighted by Crippen LogP contribution is 2.29. The molecule has 0 radical (unpaired) electrons. The number of ether oxygens (including phenoxy) is 2. The molecule has 1 rings (SSSR count). The van der Waals surface area contributed by atoms with Gasteiger partial charge in [-0.05, 0) is 18.6 Å². The second-order valence-electron chi connectivity index (χ2n) is 4.75. The fraction of sp³-hybridized carbons (Fsp3) is 0.562. The molecule has 0 unspecified atom stereocenters. The highest BCUT2D eigenvalue weighted by Gasteiger charge is 2.05. The van der Waals surface area contributed by atoms with Gasteiger partial charge in [-0.15, -0.1) is 0 Å². The van der Waals surface area contributed by atoms with Gasteiger partial charge in [0.1, 0.15) is 0 Å². The molecule has 0 bridgehead atoms. The molecule has 0 heterocycles. The SMILES string of the molecule is CCCCCCNC(=NC)Nc1ccc(OC)c(OC)c1. The summed E-state index contributed by atoms with van der Waals surface area (Å²) in [5.74, 6) is 2.17. The van der Waals surface area contributed by atoms with Gasteiger partial charge in [-0.3, -0.25) is 4.99 Å². The van der Waals surface area contributed by atoms with E-state index in [1.807, 2.05) is 18.2 Å². The van der Waals surface area contributed by atoms with Crippen molar-refractivity contribution in [3.8, 4) is 11.5 Å². The van der Waals surface area contributed by atoms with E-state index < -0.39 is 0 Å². The van der Waals surface area contributed by atoms with Crippen LogP contribution in [0.15, 0.2) is 23.2 Å². The zero-order valence-electron chi connectivity index (χ0n) is 13.5. The van der Waals surface area contributed by atoms with Crippen LogP contribution >= 0.6 is 0 Å². The van der Waals surface area contributed by atoms with E-state index in [9.17, 15) is 0 Å². The fourth-order valence-corrected chi connectivity index (χ4v) is 1.99. The maximum absolute atomic E-state index is 5.29. The maximum atomic E-state index is 5.29. The van der Waals surface area contributed by atoms with Crippen molar-refractivity contribution in [2.24, 2.45) is 4.99 Å². The first-order valence-electron chi connectivity index (χ1n) is 7.44. The summed E-state index contributed by atoms with van der Waals surface area (Å²) in [6.45, 7) is 3.14. The third-order valence-corrected chi connectivity index (χ3v) is 3.19. The number of hydrogen-bond acceptors (Lipinski definition) is 3. The summed E-state index contributed by atoms with van der Waals surface area (Å²) in [4.78, 5) is 4.22. The smallest absolute Gasteiger partial charge is 0.195 e. The number of anilines is 1.